The van der Waals surface area contributed by atoms with Crippen LogP contribution in [-0.4, -0.2) is 9.36 Å². The molecule has 0 saturated heterocycles. The summed E-state index contributed by atoms with van der Waals surface area (Å²) < 4.78 is 59.6. The number of aromatic nitrogens is 2. The molecule has 0 atom stereocenters. The number of aryl methyl sites for hydroxylation is 1. The summed E-state index contributed by atoms with van der Waals surface area (Å²) in [5.74, 6) is -0.933. The van der Waals surface area contributed by atoms with E-state index in [-0.39, 0.29) is 10.9 Å². The lowest BCUT2D eigenvalue weighted by atomic mass is 10.2. The largest absolute Gasteiger partial charge is 0.430 e. The summed E-state index contributed by atoms with van der Waals surface area (Å²) in [6, 6.07) is 2.42. The van der Waals surface area contributed by atoms with Crippen LogP contribution >= 0.6 is 11.5 Å². The summed E-state index contributed by atoms with van der Waals surface area (Å²) in [7, 11) is 0. The van der Waals surface area contributed by atoms with Gasteiger partial charge in [-0.15, -0.1) is 0 Å². The molecule has 8 heteroatoms. The Morgan fingerprint density at radius 3 is 2.63 bits per heavy atom. The van der Waals surface area contributed by atoms with Crippen LogP contribution < -0.4 is 4.74 Å². The van der Waals surface area contributed by atoms with Crippen LogP contribution in [0.1, 0.15) is 18.3 Å². The lowest BCUT2D eigenvalue weighted by Gasteiger charge is -2.09. The van der Waals surface area contributed by atoms with Crippen molar-refractivity contribution in [3.8, 4) is 10.9 Å². The standard InChI is InChI=1S/C11H8F4N2OS/c1-2-9-16-10(19-17-9)18-6-3-4-8(12)7(5-6)11(13,14)15/h3-5H,2H2,1H3. The van der Waals surface area contributed by atoms with E-state index < -0.39 is 17.6 Å². The highest BCUT2D eigenvalue weighted by molar-refractivity contribution is 7.07. The molecule has 1 aromatic heterocycles. The summed E-state index contributed by atoms with van der Waals surface area (Å²) >= 11 is 0.928. The summed E-state index contributed by atoms with van der Waals surface area (Å²) in [4.78, 5) is 3.95. The number of ether oxygens (including phenoxy) is 1. The third-order valence-electron chi connectivity index (χ3n) is 2.21. The molecular weight excluding hydrogens is 284 g/mol. The predicted molar refractivity (Wildman–Crippen MR) is 60.8 cm³/mol. The molecule has 0 unspecified atom stereocenters. The van der Waals surface area contributed by atoms with Crippen LogP contribution in [0.15, 0.2) is 18.2 Å². The molecular formula is C11H8F4N2OS. The number of rotatable bonds is 3. The first kappa shape index (κ1) is 13.7. The zero-order valence-corrected chi connectivity index (χ0v) is 10.5. The quantitative estimate of drug-likeness (QED) is 0.800. The molecule has 0 aliphatic carbocycles. The van der Waals surface area contributed by atoms with Crippen molar-refractivity contribution < 1.29 is 22.3 Å². The molecule has 0 N–H and O–H groups in total. The van der Waals surface area contributed by atoms with Gasteiger partial charge in [0.1, 0.15) is 17.4 Å². The maximum atomic E-state index is 13.1. The van der Waals surface area contributed by atoms with Gasteiger partial charge >= 0.3 is 6.18 Å². The highest BCUT2D eigenvalue weighted by atomic mass is 32.1. The Bertz CT molecular complexity index is 582. The van der Waals surface area contributed by atoms with E-state index in [1.807, 2.05) is 6.92 Å². The fourth-order valence-electron chi connectivity index (χ4n) is 1.31. The van der Waals surface area contributed by atoms with E-state index in [2.05, 4.69) is 9.36 Å². The van der Waals surface area contributed by atoms with Gasteiger partial charge in [-0.1, -0.05) is 6.92 Å². The second-order valence-corrected chi connectivity index (χ2v) is 4.29. The number of halogens is 4. The van der Waals surface area contributed by atoms with Crippen molar-refractivity contribution in [3.05, 3.63) is 35.4 Å². The Morgan fingerprint density at radius 2 is 2.05 bits per heavy atom. The molecule has 2 rings (SSSR count). The fourth-order valence-corrected chi connectivity index (χ4v) is 1.94. The third kappa shape index (κ3) is 3.19. The highest BCUT2D eigenvalue weighted by Gasteiger charge is 2.34. The molecule has 2 aromatic rings. The molecule has 0 radical (unpaired) electrons. The van der Waals surface area contributed by atoms with E-state index in [1.165, 1.54) is 0 Å². The number of hydrogen-bond acceptors (Lipinski definition) is 4. The van der Waals surface area contributed by atoms with Crippen molar-refractivity contribution in [1.82, 2.24) is 9.36 Å². The smallest absolute Gasteiger partial charge is 0.419 e. The van der Waals surface area contributed by atoms with Gasteiger partial charge in [-0.2, -0.15) is 22.5 Å². The van der Waals surface area contributed by atoms with E-state index >= 15 is 0 Å². The van der Waals surface area contributed by atoms with Gasteiger partial charge in [0.2, 0.25) is 0 Å². The minimum Gasteiger partial charge on any atom is -0.430 e. The van der Waals surface area contributed by atoms with Crippen molar-refractivity contribution in [2.75, 3.05) is 0 Å². The van der Waals surface area contributed by atoms with Gasteiger partial charge < -0.3 is 4.74 Å². The summed E-state index contributed by atoms with van der Waals surface area (Å²) in [5, 5.41) is 0.122. The Balaban J connectivity index is 2.26. The van der Waals surface area contributed by atoms with Crippen LogP contribution in [0.3, 0.4) is 0 Å². The normalized spacial score (nSPS) is 11.6. The van der Waals surface area contributed by atoms with Crippen molar-refractivity contribution in [1.29, 1.82) is 0 Å². The van der Waals surface area contributed by atoms with E-state index in [0.717, 1.165) is 17.6 Å². The SMILES string of the molecule is CCc1nsc(Oc2ccc(F)c(C(F)(F)F)c2)n1. The van der Waals surface area contributed by atoms with Crippen molar-refractivity contribution in [2.45, 2.75) is 19.5 Å². The molecule has 3 nitrogen and oxygen atoms in total. The second kappa shape index (κ2) is 5.12. The first-order chi connectivity index (χ1) is 8.90. The number of nitrogens with zero attached hydrogens (tertiary/aromatic N) is 2. The van der Waals surface area contributed by atoms with Crippen LogP contribution in [0, 0.1) is 5.82 Å². The number of hydrogen-bond donors (Lipinski definition) is 0. The Labute approximate surface area is 110 Å². The lowest BCUT2D eigenvalue weighted by Crippen LogP contribution is -2.08. The molecule has 0 aliphatic heterocycles. The average molecular weight is 292 g/mol. The highest BCUT2D eigenvalue weighted by Crippen LogP contribution is 2.34. The zero-order chi connectivity index (χ0) is 14.0. The first-order valence-electron chi connectivity index (χ1n) is 5.27. The Hall–Kier alpha value is -1.70. The Morgan fingerprint density at radius 1 is 1.32 bits per heavy atom. The van der Waals surface area contributed by atoms with E-state index in [0.29, 0.717) is 24.4 Å². The molecule has 19 heavy (non-hydrogen) atoms. The van der Waals surface area contributed by atoms with E-state index in [1.54, 1.807) is 0 Å². The van der Waals surface area contributed by atoms with Crippen LogP contribution in [0.25, 0.3) is 0 Å². The number of benzene rings is 1. The van der Waals surface area contributed by atoms with Crippen molar-refractivity contribution in [2.24, 2.45) is 0 Å². The van der Waals surface area contributed by atoms with Crippen LogP contribution in [-0.2, 0) is 12.6 Å². The van der Waals surface area contributed by atoms with Gasteiger partial charge in [0.25, 0.3) is 5.19 Å². The van der Waals surface area contributed by atoms with Crippen LogP contribution in [0.5, 0.6) is 10.9 Å². The van der Waals surface area contributed by atoms with Crippen LogP contribution in [0.4, 0.5) is 17.6 Å². The van der Waals surface area contributed by atoms with Gasteiger partial charge in [0, 0.05) is 18.0 Å². The summed E-state index contributed by atoms with van der Waals surface area (Å²) in [6.07, 6.45) is -4.17. The average Bonchev–Trinajstić information content (AvgIpc) is 2.78. The van der Waals surface area contributed by atoms with Gasteiger partial charge in [-0.25, -0.2) is 4.39 Å². The van der Waals surface area contributed by atoms with Gasteiger partial charge in [-0.3, -0.25) is 0 Å². The number of alkyl halides is 3. The summed E-state index contributed by atoms with van der Waals surface area (Å²) in [6.45, 7) is 1.84. The fraction of sp³-hybridized carbons (Fsp3) is 0.273. The van der Waals surface area contributed by atoms with Crippen molar-refractivity contribution in [3.63, 3.8) is 0 Å². The second-order valence-electron chi connectivity index (χ2n) is 3.57. The lowest BCUT2D eigenvalue weighted by molar-refractivity contribution is -0.140. The van der Waals surface area contributed by atoms with Gasteiger partial charge in [0.15, 0.2) is 0 Å². The molecule has 0 fully saturated rings. The maximum Gasteiger partial charge on any atom is 0.419 e. The molecule has 0 bridgehead atoms. The van der Waals surface area contributed by atoms with E-state index in [4.69, 9.17) is 4.74 Å². The molecule has 0 spiro atoms. The molecule has 102 valence electrons. The minimum absolute atomic E-state index is 0.122. The monoisotopic (exact) mass is 292 g/mol. The molecule has 1 aromatic carbocycles. The third-order valence-corrected chi connectivity index (χ3v) is 2.85. The van der Waals surface area contributed by atoms with E-state index in [9.17, 15) is 17.6 Å². The molecule has 1 heterocycles. The molecule has 0 amide bonds. The zero-order valence-electron chi connectivity index (χ0n) is 9.66. The molecule has 0 saturated carbocycles. The van der Waals surface area contributed by atoms with Crippen LogP contribution in [0.2, 0.25) is 0 Å². The van der Waals surface area contributed by atoms with Gasteiger partial charge in [-0.05, 0) is 18.2 Å². The minimum atomic E-state index is -4.76. The first-order valence-corrected chi connectivity index (χ1v) is 6.04. The Kier molecular flexibility index (Phi) is 3.70. The summed E-state index contributed by atoms with van der Waals surface area (Å²) in [5.41, 5.74) is -1.37. The van der Waals surface area contributed by atoms with Crippen molar-refractivity contribution >= 4 is 11.5 Å². The van der Waals surface area contributed by atoms with Gasteiger partial charge in [0.05, 0.1) is 5.56 Å². The topological polar surface area (TPSA) is 35.0 Å². The molecule has 0 aliphatic rings. The predicted octanol–water partition coefficient (Wildman–Crippen LogP) is 4.05. The maximum absolute atomic E-state index is 13.1.